The van der Waals surface area contributed by atoms with E-state index in [0.717, 1.165) is 18.6 Å². The maximum atomic E-state index is 6.88. The third-order valence-corrected chi connectivity index (χ3v) is 4.52. The van der Waals surface area contributed by atoms with Gasteiger partial charge >= 0.3 is 0 Å². The normalized spacial score (nSPS) is 23.4. The number of rotatable bonds is 2. The van der Waals surface area contributed by atoms with E-state index in [1.807, 2.05) is 6.07 Å². The van der Waals surface area contributed by atoms with Crippen LogP contribution in [-0.4, -0.2) is 7.11 Å². The van der Waals surface area contributed by atoms with Crippen LogP contribution in [0.15, 0.2) is 18.2 Å². The quantitative estimate of drug-likeness (QED) is 0.868. The van der Waals surface area contributed by atoms with E-state index in [1.54, 1.807) is 7.11 Å². The Labute approximate surface area is 123 Å². The van der Waals surface area contributed by atoms with Crippen LogP contribution < -0.4 is 10.5 Å². The Balaban J connectivity index is 2.44. The van der Waals surface area contributed by atoms with Gasteiger partial charge < -0.3 is 10.5 Å². The Bertz CT molecular complexity index is 486. The first-order valence-corrected chi connectivity index (χ1v) is 7.51. The monoisotopic (exact) mass is 275 g/mol. The predicted octanol–water partition coefficient (Wildman–Crippen LogP) is 4.39. The summed E-state index contributed by atoms with van der Waals surface area (Å²) >= 11 is 0. The molecule has 112 valence electrons. The second-order valence-corrected chi connectivity index (χ2v) is 8.20. The Morgan fingerprint density at radius 1 is 1.00 bits per heavy atom. The molecule has 1 aliphatic rings. The lowest BCUT2D eigenvalue weighted by Crippen LogP contribution is -2.50. The number of hydrogen-bond acceptors (Lipinski definition) is 2. The minimum atomic E-state index is -0.235. The van der Waals surface area contributed by atoms with Crippen molar-refractivity contribution in [2.45, 2.75) is 59.4 Å². The molecule has 1 aromatic rings. The first-order valence-electron chi connectivity index (χ1n) is 7.51. The molecule has 0 atom stereocenters. The van der Waals surface area contributed by atoms with Gasteiger partial charge in [-0.25, -0.2) is 0 Å². The van der Waals surface area contributed by atoms with Gasteiger partial charge in [-0.3, -0.25) is 0 Å². The van der Waals surface area contributed by atoms with Crippen LogP contribution in [0.5, 0.6) is 5.75 Å². The molecule has 20 heavy (non-hydrogen) atoms. The van der Waals surface area contributed by atoms with Crippen LogP contribution in [0.3, 0.4) is 0 Å². The van der Waals surface area contributed by atoms with Crippen LogP contribution >= 0.6 is 0 Å². The molecule has 2 rings (SSSR count). The zero-order valence-corrected chi connectivity index (χ0v) is 13.8. The van der Waals surface area contributed by atoms with E-state index in [0.29, 0.717) is 0 Å². The van der Waals surface area contributed by atoms with Gasteiger partial charge in [-0.05, 0) is 60.3 Å². The van der Waals surface area contributed by atoms with Gasteiger partial charge in [-0.1, -0.05) is 33.8 Å². The van der Waals surface area contributed by atoms with Gasteiger partial charge in [0.05, 0.1) is 7.11 Å². The fourth-order valence-electron chi connectivity index (χ4n) is 4.70. The van der Waals surface area contributed by atoms with Crippen LogP contribution in [-0.2, 0) is 5.54 Å². The molecule has 0 saturated heterocycles. The molecule has 0 amide bonds. The van der Waals surface area contributed by atoms with Crippen LogP contribution in [0.1, 0.15) is 58.1 Å². The molecule has 0 bridgehead atoms. The number of hydrogen-bond donors (Lipinski definition) is 1. The number of nitrogens with two attached hydrogens (primary N) is 1. The molecule has 1 saturated carbocycles. The third-order valence-electron chi connectivity index (χ3n) is 4.52. The number of ether oxygens (including phenoxy) is 1. The molecule has 2 N–H and O–H groups in total. The second-order valence-electron chi connectivity index (χ2n) is 8.20. The minimum Gasteiger partial charge on any atom is -0.497 e. The average molecular weight is 275 g/mol. The Hall–Kier alpha value is -1.02. The number of benzene rings is 1. The van der Waals surface area contributed by atoms with Crippen molar-refractivity contribution in [2.75, 3.05) is 7.11 Å². The summed E-state index contributed by atoms with van der Waals surface area (Å²) < 4.78 is 5.31. The summed E-state index contributed by atoms with van der Waals surface area (Å²) in [5.41, 5.74) is 9.72. The van der Waals surface area contributed by atoms with Crippen molar-refractivity contribution in [2.24, 2.45) is 16.6 Å². The largest absolute Gasteiger partial charge is 0.497 e. The first kappa shape index (κ1) is 15.4. The Morgan fingerprint density at radius 3 is 2.00 bits per heavy atom. The summed E-state index contributed by atoms with van der Waals surface area (Å²) in [7, 11) is 1.71. The van der Waals surface area contributed by atoms with E-state index >= 15 is 0 Å². The Kier molecular flexibility index (Phi) is 3.66. The topological polar surface area (TPSA) is 35.2 Å². The molecular formula is C18H29NO. The summed E-state index contributed by atoms with van der Waals surface area (Å²) in [5, 5.41) is 0. The fourth-order valence-corrected chi connectivity index (χ4v) is 4.70. The van der Waals surface area contributed by atoms with E-state index < -0.39 is 0 Å². The molecule has 0 heterocycles. The van der Waals surface area contributed by atoms with Gasteiger partial charge in [0.25, 0.3) is 0 Å². The molecule has 1 fully saturated rings. The minimum absolute atomic E-state index is 0.235. The molecule has 0 aliphatic heterocycles. The summed E-state index contributed by atoms with van der Waals surface area (Å²) in [6.07, 6.45) is 3.31. The Morgan fingerprint density at radius 2 is 1.55 bits per heavy atom. The van der Waals surface area contributed by atoms with E-state index in [1.165, 1.54) is 17.5 Å². The van der Waals surface area contributed by atoms with Crippen molar-refractivity contribution in [3.63, 3.8) is 0 Å². The van der Waals surface area contributed by atoms with Crippen molar-refractivity contribution < 1.29 is 4.74 Å². The summed E-state index contributed by atoms with van der Waals surface area (Å²) in [4.78, 5) is 0. The predicted molar refractivity (Wildman–Crippen MR) is 85.0 cm³/mol. The highest BCUT2D eigenvalue weighted by molar-refractivity contribution is 5.39. The maximum absolute atomic E-state index is 6.88. The lowest BCUT2D eigenvalue weighted by molar-refractivity contribution is 0.0468. The summed E-state index contributed by atoms with van der Waals surface area (Å²) in [6.45, 7) is 11.5. The van der Waals surface area contributed by atoms with E-state index in [9.17, 15) is 0 Å². The second kappa shape index (κ2) is 4.77. The fraction of sp³-hybridized carbons (Fsp3) is 0.667. The lowest BCUT2D eigenvalue weighted by atomic mass is 9.57. The summed E-state index contributed by atoms with van der Waals surface area (Å²) in [5.74, 6) is 0.907. The van der Waals surface area contributed by atoms with Crippen molar-refractivity contribution in [3.05, 3.63) is 29.3 Å². The van der Waals surface area contributed by atoms with Crippen molar-refractivity contribution >= 4 is 0 Å². The molecule has 0 unspecified atom stereocenters. The van der Waals surface area contributed by atoms with Crippen LogP contribution in [0.4, 0.5) is 0 Å². The number of methoxy groups -OCH3 is 1. The molecule has 0 spiro atoms. The highest BCUT2D eigenvalue weighted by Gasteiger charge is 2.46. The highest BCUT2D eigenvalue weighted by Crippen LogP contribution is 2.53. The van der Waals surface area contributed by atoms with E-state index in [4.69, 9.17) is 10.5 Å². The van der Waals surface area contributed by atoms with Gasteiger partial charge in [-0.2, -0.15) is 0 Å². The van der Waals surface area contributed by atoms with Crippen LogP contribution in [0.2, 0.25) is 0 Å². The standard InChI is InChI=1S/C18H29NO/c1-13-9-14(20-6)7-8-15(13)18(19)11-16(2,3)10-17(4,5)12-18/h7-9H,10-12,19H2,1-6H3. The first-order chi connectivity index (χ1) is 9.07. The molecule has 1 aromatic carbocycles. The van der Waals surface area contributed by atoms with Crippen LogP contribution in [0.25, 0.3) is 0 Å². The molecule has 2 nitrogen and oxygen atoms in total. The molecule has 0 radical (unpaired) electrons. The zero-order chi connectivity index (χ0) is 15.2. The third kappa shape index (κ3) is 3.01. The molecular weight excluding hydrogens is 246 g/mol. The SMILES string of the molecule is COc1ccc(C2(N)CC(C)(C)CC(C)(C)C2)c(C)c1. The maximum Gasteiger partial charge on any atom is 0.119 e. The highest BCUT2D eigenvalue weighted by atomic mass is 16.5. The van der Waals surface area contributed by atoms with E-state index in [2.05, 4.69) is 46.8 Å². The molecule has 2 heteroatoms. The van der Waals surface area contributed by atoms with Gasteiger partial charge in [0.15, 0.2) is 0 Å². The summed E-state index contributed by atoms with van der Waals surface area (Å²) in [6, 6.07) is 6.29. The van der Waals surface area contributed by atoms with Crippen molar-refractivity contribution in [1.29, 1.82) is 0 Å². The van der Waals surface area contributed by atoms with E-state index in [-0.39, 0.29) is 16.4 Å². The molecule has 1 aliphatic carbocycles. The van der Waals surface area contributed by atoms with Gasteiger partial charge in [0.1, 0.15) is 5.75 Å². The van der Waals surface area contributed by atoms with Gasteiger partial charge in [0.2, 0.25) is 0 Å². The average Bonchev–Trinajstić information content (AvgIpc) is 2.23. The van der Waals surface area contributed by atoms with Gasteiger partial charge in [-0.15, -0.1) is 0 Å². The van der Waals surface area contributed by atoms with Crippen molar-refractivity contribution in [1.82, 2.24) is 0 Å². The van der Waals surface area contributed by atoms with Crippen molar-refractivity contribution in [3.8, 4) is 5.75 Å². The van der Waals surface area contributed by atoms with Crippen LogP contribution in [0, 0.1) is 17.8 Å². The molecule has 0 aromatic heterocycles. The smallest absolute Gasteiger partial charge is 0.119 e. The lowest BCUT2D eigenvalue weighted by Gasteiger charge is -2.51. The van der Waals surface area contributed by atoms with Gasteiger partial charge in [0, 0.05) is 5.54 Å². The number of aryl methyl sites for hydroxylation is 1. The zero-order valence-electron chi connectivity index (χ0n) is 13.8.